The van der Waals surface area contributed by atoms with Crippen molar-refractivity contribution in [2.45, 2.75) is 6.92 Å². The Morgan fingerprint density at radius 2 is 2.21 bits per heavy atom. The quantitative estimate of drug-likeness (QED) is 0.637. The smallest absolute Gasteiger partial charge is 0.348 e. The summed E-state index contributed by atoms with van der Waals surface area (Å²) in [5, 5.41) is 0. The summed E-state index contributed by atoms with van der Waals surface area (Å²) in [6.45, 7) is 1.83. The van der Waals surface area contributed by atoms with Crippen molar-refractivity contribution in [1.29, 1.82) is 0 Å². The fraction of sp³-hybridized carbons (Fsp3) is 0.182. The van der Waals surface area contributed by atoms with Gasteiger partial charge in [-0.2, -0.15) is 0 Å². The fourth-order valence-corrected chi connectivity index (χ4v) is 1.54. The molecule has 0 fully saturated rings. The van der Waals surface area contributed by atoms with Crippen LogP contribution in [0.3, 0.4) is 0 Å². The Labute approximate surface area is 81.9 Å². The molecular weight excluding hydrogens is 180 g/mol. The van der Waals surface area contributed by atoms with E-state index in [1.165, 1.54) is 7.11 Å². The van der Waals surface area contributed by atoms with Gasteiger partial charge in [-0.15, -0.1) is 0 Å². The summed E-state index contributed by atoms with van der Waals surface area (Å²) in [5.41, 5.74) is 1.32. The molecule has 0 aromatic heterocycles. The Hall–Kier alpha value is -1.77. The standard InChI is InChI=1S/C11H10O3/c1-3-8-7-5-4-6-9(13-2)10(7)11(12)14-8/h3-6H,1-2H3. The molecule has 0 saturated heterocycles. The highest BCUT2D eigenvalue weighted by Crippen LogP contribution is 2.35. The molecule has 0 spiro atoms. The highest BCUT2D eigenvalue weighted by molar-refractivity contribution is 6.05. The molecular formula is C11H10O3. The molecule has 0 saturated carbocycles. The zero-order valence-electron chi connectivity index (χ0n) is 8.03. The van der Waals surface area contributed by atoms with Gasteiger partial charge >= 0.3 is 5.97 Å². The molecule has 1 aromatic carbocycles. The van der Waals surface area contributed by atoms with Crippen LogP contribution in [0.1, 0.15) is 22.8 Å². The van der Waals surface area contributed by atoms with Gasteiger partial charge in [0, 0.05) is 5.56 Å². The minimum atomic E-state index is -0.342. The van der Waals surface area contributed by atoms with Gasteiger partial charge in [0.05, 0.1) is 7.11 Å². The molecule has 3 nitrogen and oxygen atoms in total. The molecule has 1 aliphatic heterocycles. The van der Waals surface area contributed by atoms with E-state index in [1.54, 1.807) is 12.1 Å². The van der Waals surface area contributed by atoms with E-state index in [1.807, 2.05) is 19.1 Å². The molecule has 1 aromatic rings. The highest BCUT2D eigenvalue weighted by Gasteiger charge is 2.29. The van der Waals surface area contributed by atoms with Crippen molar-refractivity contribution in [2.24, 2.45) is 0 Å². The van der Waals surface area contributed by atoms with Gasteiger partial charge in [-0.25, -0.2) is 4.79 Å². The van der Waals surface area contributed by atoms with Crippen LogP contribution in [0.2, 0.25) is 0 Å². The third kappa shape index (κ3) is 1.09. The van der Waals surface area contributed by atoms with Crippen LogP contribution in [0.25, 0.3) is 5.76 Å². The number of hydrogen-bond donors (Lipinski definition) is 0. The number of hydrogen-bond acceptors (Lipinski definition) is 3. The second-order valence-corrected chi connectivity index (χ2v) is 2.93. The van der Waals surface area contributed by atoms with Crippen molar-refractivity contribution in [3.05, 3.63) is 35.4 Å². The fourth-order valence-electron chi connectivity index (χ4n) is 1.54. The van der Waals surface area contributed by atoms with Crippen molar-refractivity contribution in [2.75, 3.05) is 7.11 Å². The second kappa shape index (κ2) is 3.18. The van der Waals surface area contributed by atoms with E-state index >= 15 is 0 Å². The monoisotopic (exact) mass is 190 g/mol. The summed E-state index contributed by atoms with van der Waals surface area (Å²) in [7, 11) is 1.54. The largest absolute Gasteiger partial charge is 0.496 e. The maximum Gasteiger partial charge on any atom is 0.348 e. The number of fused-ring (bicyclic) bond motifs is 1. The number of esters is 1. The lowest BCUT2D eigenvalue weighted by atomic mass is 10.1. The number of cyclic esters (lactones) is 1. The maximum atomic E-state index is 11.5. The average molecular weight is 190 g/mol. The normalized spacial score (nSPS) is 16.7. The summed E-state index contributed by atoms with van der Waals surface area (Å²) in [4.78, 5) is 11.5. The van der Waals surface area contributed by atoms with E-state index in [2.05, 4.69) is 0 Å². The summed E-state index contributed by atoms with van der Waals surface area (Å²) in [6, 6.07) is 5.43. The molecule has 3 heteroatoms. The molecule has 0 N–H and O–H groups in total. The summed E-state index contributed by atoms with van der Waals surface area (Å²) < 4.78 is 10.2. The Balaban J connectivity index is 2.67. The number of carbonyl (C=O) groups is 1. The van der Waals surface area contributed by atoms with Crippen LogP contribution in [0.5, 0.6) is 5.75 Å². The van der Waals surface area contributed by atoms with Crippen LogP contribution in [0.4, 0.5) is 0 Å². The van der Waals surface area contributed by atoms with E-state index in [0.29, 0.717) is 17.1 Å². The second-order valence-electron chi connectivity index (χ2n) is 2.93. The van der Waals surface area contributed by atoms with Gasteiger partial charge < -0.3 is 9.47 Å². The molecule has 0 radical (unpaired) electrons. The van der Waals surface area contributed by atoms with E-state index < -0.39 is 0 Å². The van der Waals surface area contributed by atoms with E-state index in [-0.39, 0.29) is 5.97 Å². The molecule has 2 rings (SSSR count). The van der Waals surface area contributed by atoms with Crippen LogP contribution in [0.15, 0.2) is 24.3 Å². The Morgan fingerprint density at radius 1 is 1.43 bits per heavy atom. The maximum absolute atomic E-state index is 11.5. The topological polar surface area (TPSA) is 35.5 Å². The predicted molar refractivity (Wildman–Crippen MR) is 52.1 cm³/mol. The Kier molecular flexibility index (Phi) is 2.00. The van der Waals surface area contributed by atoms with Crippen molar-refractivity contribution < 1.29 is 14.3 Å². The minimum Gasteiger partial charge on any atom is -0.496 e. The van der Waals surface area contributed by atoms with Crippen LogP contribution in [-0.2, 0) is 4.74 Å². The van der Waals surface area contributed by atoms with Crippen molar-refractivity contribution in [1.82, 2.24) is 0 Å². The first kappa shape index (κ1) is 8.81. The van der Waals surface area contributed by atoms with Crippen LogP contribution in [-0.4, -0.2) is 13.1 Å². The van der Waals surface area contributed by atoms with Gasteiger partial charge in [0.2, 0.25) is 0 Å². The number of ether oxygens (including phenoxy) is 2. The summed E-state index contributed by atoms with van der Waals surface area (Å²) in [5.74, 6) is 0.818. The van der Waals surface area contributed by atoms with E-state index in [4.69, 9.17) is 9.47 Å². The first-order valence-electron chi connectivity index (χ1n) is 4.33. The van der Waals surface area contributed by atoms with Crippen LogP contribution < -0.4 is 4.74 Å². The van der Waals surface area contributed by atoms with E-state index in [9.17, 15) is 4.79 Å². The molecule has 72 valence electrons. The molecule has 1 aliphatic rings. The number of carbonyl (C=O) groups excluding carboxylic acids is 1. The summed E-state index contributed by atoms with van der Waals surface area (Å²) >= 11 is 0. The SMILES string of the molecule is CC=C1OC(=O)c2c(OC)cccc21. The van der Waals surface area contributed by atoms with Crippen LogP contribution >= 0.6 is 0 Å². The molecule has 14 heavy (non-hydrogen) atoms. The highest BCUT2D eigenvalue weighted by atomic mass is 16.5. The van der Waals surface area contributed by atoms with Gasteiger partial charge in [-0.1, -0.05) is 12.1 Å². The van der Waals surface area contributed by atoms with Crippen molar-refractivity contribution in [3.63, 3.8) is 0 Å². The van der Waals surface area contributed by atoms with Gasteiger partial charge in [0.25, 0.3) is 0 Å². The zero-order valence-corrected chi connectivity index (χ0v) is 8.03. The molecule has 0 bridgehead atoms. The first-order chi connectivity index (χ1) is 6.77. The minimum absolute atomic E-state index is 0.342. The van der Waals surface area contributed by atoms with Gasteiger partial charge in [-0.3, -0.25) is 0 Å². The lowest BCUT2D eigenvalue weighted by Crippen LogP contribution is -1.97. The molecule has 0 unspecified atom stereocenters. The number of allylic oxidation sites excluding steroid dienone is 1. The molecule has 0 atom stereocenters. The van der Waals surface area contributed by atoms with E-state index in [0.717, 1.165) is 5.56 Å². The summed E-state index contributed by atoms with van der Waals surface area (Å²) in [6.07, 6.45) is 1.77. The predicted octanol–water partition coefficient (Wildman–Crippen LogP) is 2.23. The lowest BCUT2D eigenvalue weighted by molar-refractivity contribution is 0.0712. The van der Waals surface area contributed by atoms with Gasteiger partial charge in [0.15, 0.2) is 0 Å². The number of rotatable bonds is 1. The molecule has 0 amide bonds. The van der Waals surface area contributed by atoms with Crippen molar-refractivity contribution >= 4 is 11.7 Å². The third-order valence-electron chi connectivity index (χ3n) is 2.18. The van der Waals surface area contributed by atoms with Gasteiger partial charge in [-0.05, 0) is 19.1 Å². The Bertz CT molecular complexity index is 419. The Morgan fingerprint density at radius 3 is 2.86 bits per heavy atom. The molecule has 1 heterocycles. The number of methoxy groups -OCH3 is 1. The van der Waals surface area contributed by atoms with Gasteiger partial charge in [0.1, 0.15) is 17.1 Å². The van der Waals surface area contributed by atoms with Crippen LogP contribution in [0, 0.1) is 0 Å². The first-order valence-corrected chi connectivity index (χ1v) is 4.33. The lowest BCUT2D eigenvalue weighted by Gasteiger charge is -2.01. The average Bonchev–Trinajstić information content (AvgIpc) is 2.55. The number of benzene rings is 1. The van der Waals surface area contributed by atoms with Crippen molar-refractivity contribution in [3.8, 4) is 5.75 Å². The molecule has 0 aliphatic carbocycles. The zero-order chi connectivity index (χ0) is 10.1. The third-order valence-corrected chi connectivity index (χ3v) is 2.18.